The van der Waals surface area contributed by atoms with Gasteiger partial charge in [0.15, 0.2) is 0 Å². The second-order valence-electron chi connectivity index (χ2n) is 5.52. The van der Waals surface area contributed by atoms with Gasteiger partial charge in [0.25, 0.3) is 5.91 Å². The van der Waals surface area contributed by atoms with Crippen molar-refractivity contribution in [3.63, 3.8) is 0 Å². The number of carbonyl (C=O) groups is 1. The molecule has 3 rings (SSSR count). The molecule has 0 unspecified atom stereocenters. The predicted octanol–water partition coefficient (Wildman–Crippen LogP) is 3.32. The Balaban J connectivity index is 1.76. The third kappa shape index (κ3) is 3.94. The van der Waals surface area contributed by atoms with Gasteiger partial charge in [0.05, 0.1) is 5.75 Å². The lowest BCUT2D eigenvalue weighted by atomic mass is 10.0. The van der Waals surface area contributed by atoms with Crippen molar-refractivity contribution in [2.45, 2.75) is 17.4 Å². The maximum Gasteiger partial charge on any atom is 0.251 e. The van der Waals surface area contributed by atoms with Crippen LogP contribution in [0.5, 0.6) is 0 Å². The Morgan fingerprint density at radius 3 is 2.67 bits per heavy atom. The Hall–Kier alpha value is -1.50. The molecule has 0 fully saturated rings. The van der Waals surface area contributed by atoms with Crippen molar-refractivity contribution >= 4 is 39.3 Å². The summed E-state index contributed by atoms with van der Waals surface area (Å²) in [6, 6.07) is 14.4. The first-order valence-corrected chi connectivity index (χ1v) is 10.5. The average molecular weight is 382 g/mol. The standard InChI is InChI=1S/C17H16ClNO3S2/c18-15-8-4-2-6-13(15)11-24(21,22)19-17(20)16-14-7-3-1-5-12(14)9-10-23-16/h1-8,16H,9-11H2,(H,19,20)/t16-/m0/s1. The molecule has 0 radical (unpaired) electrons. The van der Waals surface area contributed by atoms with E-state index in [0.29, 0.717) is 10.6 Å². The van der Waals surface area contributed by atoms with Gasteiger partial charge in [-0.15, -0.1) is 11.8 Å². The monoisotopic (exact) mass is 381 g/mol. The molecule has 126 valence electrons. The Kier molecular flexibility index (Phi) is 5.18. The predicted molar refractivity (Wildman–Crippen MR) is 97.6 cm³/mol. The maximum absolute atomic E-state index is 12.5. The molecule has 1 N–H and O–H groups in total. The molecule has 1 atom stereocenters. The van der Waals surface area contributed by atoms with Gasteiger partial charge in [-0.05, 0) is 34.9 Å². The zero-order valence-electron chi connectivity index (χ0n) is 12.7. The number of hydrogen-bond donors (Lipinski definition) is 1. The number of thioether (sulfide) groups is 1. The molecule has 0 spiro atoms. The average Bonchev–Trinajstić information content (AvgIpc) is 2.56. The Bertz CT molecular complexity index is 868. The quantitative estimate of drug-likeness (QED) is 0.882. The summed E-state index contributed by atoms with van der Waals surface area (Å²) in [5.41, 5.74) is 2.45. The van der Waals surface area contributed by atoms with Crippen molar-refractivity contribution in [3.8, 4) is 0 Å². The summed E-state index contributed by atoms with van der Waals surface area (Å²) < 4.78 is 26.8. The fraction of sp³-hybridized carbons (Fsp3) is 0.235. The lowest BCUT2D eigenvalue weighted by Crippen LogP contribution is -2.35. The number of nitrogens with one attached hydrogen (secondary N) is 1. The SMILES string of the molecule is O=C(NS(=O)(=O)Cc1ccccc1Cl)[C@H]1SCCc2ccccc21. The molecule has 4 nitrogen and oxygen atoms in total. The van der Waals surface area contributed by atoms with Gasteiger partial charge >= 0.3 is 0 Å². The molecular weight excluding hydrogens is 366 g/mol. The maximum atomic E-state index is 12.5. The number of rotatable bonds is 4. The van der Waals surface area contributed by atoms with Crippen molar-refractivity contribution in [3.05, 3.63) is 70.2 Å². The molecule has 0 bridgehead atoms. The van der Waals surface area contributed by atoms with Crippen LogP contribution in [0.2, 0.25) is 5.02 Å². The van der Waals surface area contributed by atoms with E-state index in [1.165, 1.54) is 11.8 Å². The van der Waals surface area contributed by atoms with Gasteiger partial charge in [-0.1, -0.05) is 54.1 Å². The minimum Gasteiger partial charge on any atom is -0.272 e. The lowest BCUT2D eigenvalue weighted by Gasteiger charge is -2.24. The molecule has 0 saturated heterocycles. The molecule has 0 aliphatic carbocycles. The smallest absolute Gasteiger partial charge is 0.251 e. The van der Waals surface area contributed by atoms with Crippen LogP contribution in [0.4, 0.5) is 0 Å². The van der Waals surface area contributed by atoms with Gasteiger partial charge in [0.2, 0.25) is 10.0 Å². The van der Waals surface area contributed by atoms with E-state index in [0.717, 1.165) is 23.3 Å². The van der Waals surface area contributed by atoms with Crippen LogP contribution in [-0.2, 0) is 27.0 Å². The van der Waals surface area contributed by atoms with E-state index in [-0.39, 0.29) is 5.75 Å². The van der Waals surface area contributed by atoms with Gasteiger partial charge in [0, 0.05) is 5.02 Å². The molecule has 2 aromatic rings. The fourth-order valence-electron chi connectivity index (χ4n) is 2.67. The summed E-state index contributed by atoms with van der Waals surface area (Å²) in [5.74, 6) is -0.0314. The normalized spacial score (nSPS) is 17.1. The van der Waals surface area contributed by atoms with E-state index in [1.54, 1.807) is 24.3 Å². The highest BCUT2D eigenvalue weighted by Crippen LogP contribution is 2.36. The molecule has 1 heterocycles. The number of aryl methyl sites for hydroxylation is 1. The van der Waals surface area contributed by atoms with Crippen molar-refractivity contribution in [2.24, 2.45) is 0 Å². The first kappa shape index (κ1) is 17.3. The van der Waals surface area contributed by atoms with Crippen LogP contribution in [0.15, 0.2) is 48.5 Å². The third-order valence-electron chi connectivity index (χ3n) is 3.79. The van der Waals surface area contributed by atoms with Crippen LogP contribution < -0.4 is 4.72 Å². The highest BCUT2D eigenvalue weighted by atomic mass is 35.5. The topological polar surface area (TPSA) is 63.2 Å². The first-order chi connectivity index (χ1) is 11.5. The molecular formula is C17H16ClNO3S2. The van der Waals surface area contributed by atoms with Crippen LogP contribution in [0.3, 0.4) is 0 Å². The number of fused-ring (bicyclic) bond motifs is 1. The van der Waals surface area contributed by atoms with Crippen LogP contribution in [0.1, 0.15) is 21.9 Å². The van der Waals surface area contributed by atoms with Crippen molar-refractivity contribution < 1.29 is 13.2 Å². The molecule has 7 heteroatoms. The summed E-state index contributed by atoms with van der Waals surface area (Å²) >= 11 is 7.46. The van der Waals surface area contributed by atoms with Crippen molar-refractivity contribution in [2.75, 3.05) is 5.75 Å². The second kappa shape index (κ2) is 7.17. The largest absolute Gasteiger partial charge is 0.272 e. The van der Waals surface area contributed by atoms with E-state index in [2.05, 4.69) is 4.72 Å². The Morgan fingerprint density at radius 1 is 1.17 bits per heavy atom. The highest BCUT2D eigenvalue weighted by Gasteiger charge is 2.29. The third-order valence-corrected chi connectivity index (χ3v) is 6.60. The number of hydrogen-bond acceptors (Lipinski definition) is 4. The van der Waals surface area contributed by atoms with Crippen LogP contribution in [0.25, 0.3) is 0 Å². The lowest BCUT2D eigenvalue weighted by molar-refractivity contribution is -0.118. The van der Waals surface area contributed by atoms with E-state index in [4.69, 9.17) is 11.6 Å². The van der Waals surface area contributed by atoms with E-state index in [1.807, 2.05) is 24.3 Å². The van der Waals surface area contributed by atoms with Gasteiger partial charge in [-0.3, -0.25) is 9.52 Å². The number of benzene rings is 2. The molecule has 1 amide bonds. The molecule has 1 aliphatic rings. The van der Waals surface area contributed by atoms with E-state index in [9.17, 15) is 13.2 Å². The highest BCUT2D eigenvalue weighted by molar-refractivity contribution is 8.00. The van der Waals surface area contributed by atoms with E-state index < -0.39 is 21.2 Å². The van der Waals surface area contributed by atoms with Gasteiger partial charge in [-0.25, -0.2) is 8.42 Å². The van der Waals surface area contributed by atoms with E-state index >= 15 is 0 Å². The fourth-order valence-corrected chi connectivity index (χ4v) is 5.38. The summed E-state index contributed by atoms with van der Waals surface area (Å²) in [7, 11) is -3.81. The zero-order chi connectivity index (χ0) is 17.2. The summed E-state index contributed by atoms with van der Waals surface area (Å²) in [4.78, 5) is 12.5. The second-order valence-corrected chi connectivity index (χ2v) is 8.86. The zero-order valence-corrected chi connectivity index (χ0v) is 15.1. The Labute approximate surface area is 150 Å². The summed E-state index contributed by atoms with van der Waals surface area (Å²) in [5, 5.41) is -0.135. The molecule has 0 saturated carbocycles. The van der Waals surface area contributed by atoms with Crippen LogP contribution in [-0.4, -0.2) is 20.1 Å². The Morgan fingerprint density at radius 2 is 1.88 bits per heavy atom. The van der Waals surface area contributed by atoms with Crippen LogP contribution in [0, 0.1) is 0 Å². The minimum absolute atomic E-state index is 0.322. The molecule has 24 heavy (non-hydrogen) atoms. The molecule has 0 aromatic heterocycles. The van der Waals surface area contributed by atoms with Gasteiger partial charge in [-0.2, -0.15) is 0 Å². The number of carbonyl (C=O) groups excluding carboxylic acids is 1. The van der Waals surface area contributed by atoms with Crippen molar-refractivity contribution in [1.82, 2.24) is 4.72 Å². The minimum atomic E-state index is -3.81. The van der Waals surface area contributed by atoms with Crippen molar-refractivity contribution in [1.29, 1.82) is 0 Å². The van der Waals surface area contributed by atoms with Gasteiger partial charge in [0.1, 0.15) is 5.25 Å². The molecule has 2 aromatic carbocycles. The molecule has 1 aliphatic heterocycles. The van der Waals surface area contributed by atoms with Gasteiger partial charge < -0.3 is 0 Å². The number of halogens is 1. The number of sulfonamides is 1. The summed E-state index contributed by atoms with van der Waals surface area (Å²) in [6.45, 7) is 0. The first-order valence-electron chi connectivity index (χ1n) is 7.43. The van der Waals surface area contributed by atoms with Crippen LogP contribution >= 0.6 is 23.4 Å². The summed E-state index contributed by atoms with van der Waals surface area (Å²) in [6.07, 6.45) is 0.886. The number of amides is 1.